The number of hydrogen-bond acceptors (Lipinski definition) is 3. The summed E-state index contributed by atoms with van der Waals surface area (Å²) < 4.78 is 0. The van der Waals surface area contributed by atoms with Gasteiger partial charge in [-0.15, -0.1) is 0 Å². The smallest absolute Gasteiger partial charge is 0.227 e. The molecule has 3 rings (SSSR count). The second-order valence-electron chi connectivity index (χ2n) is 6.32. The number of rotatable bonds is 5. The van der Waals surface area contributed by atoms with Crippen LogP contribution in [0.5, 0.6) is 0 Å². The first-order valence-electron chi connectivity index (χ1n) is 8.18. The quantitative estimate of drug-likeness (QED) is 0.862. The highest BCUT2D eigenvalue weighted by Gasteiger charge is 2.35. The second-order valence-corrected chi connectivity index (χ2v) is 6.76. The zero-order chi connectivity index (χ0) is 16.2. The first-order chi connectivity index (χ1) is 11.1. The molecular weight excluding hydrogens is 314 g/mol. The lowest BCUT2D eigenvalue weighted by molar-refractivity contribution is -0.126. The van der Waals surface area contributed by atoms with Crippen LogP contribution in [0.2, 0.25) is 5.02 Å². The largest absolute Gasteiger partial charge is 0.356 e. The van der Waals surface area contributed by atoms with Crippen molar-refractivity contribution in [3.05, 3.63) is 29.3 Å². The van der Waals surface area contributed by atoms with Crippen LogP contribution >= 0.6 is 11.6 Å². The number of carbonyl (C=O) groups excluding carboxylic acids is 2. The van der Waals surface area contributed by atoms with Crippen LogP contribution < -0.4 is 15.5 Å². The van der Waals surface area contributed by atoms with Crippen molar-refractivity contribution >= 4 is 29.1 Å². The Balaban J connectivity index is 1.50. The van der Waals surface area contributed by atoms with Gasteiger partial charge in [-0.3, -0.25) is 9.59 Å². The molecule has 2 saturated heterocycles. The summed E-state index contributed by atoms with van der Waals surface area (Å²) in [5, 5.41) is 6.95. The molecule has 0 bridgehead atoms. The highest BCUT2D eigenvalue weighted by molar-refractivity contribution is 6.30. The van der Waals surface area contributed by atoms with Gasteiger partial charge in [-0.2, -0.15) is 0 Å². The van der Waals surface area contributed by atoms with E-state index in [0.717, 1.165) is 25.2 Å². The normalized spacial score (nSPS) is 24.2. The molecule has 0 spiro atoms. The van der Waals surface area contributed by atoms with E-state index in [0.29, 0.717) is 24.0 Å². The van der Waals surface area contributed by atoms with Gasteiger partial charge in [-0.25, -0.2) is 0 Å². The van der Waals surface area contributed by atoms with Gasteiger partial charge in [0, 0.05) is 30.2 Å². The molecule has 0 aliphatic carbocycles. The molecule has 0 aromatic heterocycles. The number of anilines is 1. The Hall–Kier alpha value is -1.59. The molecule has 23 heavy (non-hydrogen) atoms. The summed E-state index contributed by atoms with van der Waals surface area (Å²) in [4.78, 5) is 26.1. The van der Waals surface area contributed by atoms with Gasteiger partial charge in [-0.1, -0.05) is 11.6 Å². The van der Waals surface area contributed by atoms with Gasteiger partial charge < -0.3 is 15.5 Å². The van der Waals surface area contributed by atoms with Gasteiger partial charge in [-0.05, 0) is 56.1 Å². The maximum absolute atomic E-state index is 12.3. The number of amides is 2. The fourth-order valence-electron chi connectivity index (χ4n) is 3.26. The molecule has 2 fully saturated rings. The SMILES string of the molecule is O=C(NCCC1CCNC1)C1CC(=O)N(c2ccc(Cl)cc2)C1. The number of hydrogen-bond donors (Lipinski definition) is 2. The van der Waals surface area contributed by atoms with Gasteiger partial charge in [0.2, 0.25) is 11.8 Å². The molecule has 5 nitrogen and oxygen atoms in total. The van der Waals surface area contributed by atoms with Crippen LogP contribution in [0, 0.1) is 11.8 Å². The van der Waals surface area contributed by atoms with Crippen molar-refractivity contribution in [2.75, 3.05) is 31.1 Å². The van der Waals surface area contributed by atoms with E-state index in [1.54, 1.807) is 17.0 Å². The summed E-state index contributed by atoms with van der Waals surface area (Å²) in [6.45, 7) is 3.25. The number of nitrogens with one attached hydrogen (secondary N) is 2. The van der Waals surface area contributed by atoms with Crippen LogP contribution in [0.25, 0.3) is 0 Å². The molecule has 2 atom stereocenters. The molecule has 6 heteroatoms. The minimum atomic E-state index is -0.264. The van der Waals surface area contributed by atoms with Crippen molar-refractivity contribution in [2.24, 2.45) is 11.8 Å². The average Bonchev–Trinajstić information content (AvgIpc) is 3.18. The third-order valence-electron chi connectivity index (χ3n) is 4.65. The maximum atomic E-state index is 12.3. The zero-order valence-electron chi connectivity index (χ0n) is 13.1. The predicted molar refractivity (Wildman–Crippen MR) is 90.5 cm³/mol. The fourth-order valence-corrected chi connectivity index (χ4v) is 3.38. The molecule has 2 amide bonds. The van der Waals surface area contributed by atoms with Gasteiger partial charge in [0.25, 0.3) is 0 Å². The summed E-state index contributed by atoms with van der Waals surface area (Å²) in [7, 11) is 0. The Kier molecular flexibility index (Phi) is 5.18. The molecule has 0 radical (unpaired) electrons. The van der Waals surface area contributed by atoms with E-state index in [4.69, 9.17) is 11.6 Å². The van der Waals surface area contributed by atoms with Crippen LogP contribution in [0.15, 0.2) is 24.3 Å². The van der Waals surface area contributed by atoms with Crippen LogP contribution in [-0.4, -0.2) is 38.0 Å². The van der Waals surface area contributed by atoms with Crippen LogP contribution in [0.3, 0.4) is 0 Å². The molecule has 0 saturated carbocycles. The van der Waals surface area contributed by atoms with Gasteiger partial charge >= 0.3 is 0 Å². The van der Waals surface area contributed by atoms with Crippen LogP contribution in [0.1, 0.15) is 19.3 Å². The number of benzene rings is 1. The monoisotopic (exact) mass is 335 g/mol. The molecule has 1 aromatic carbocycles. The molecule has 2 aliphatic heterocycles. The van der Waals surface area contributed by atoms with Crippen molar-refractivity contribution in [3.8, 4) is 0 Å². The van der Waals surface area contributed by atoms with E-state index < -0.39 is 0 Å². The van der Waals surface area contributed by atoms with E-state index in [-0.39, 0.29) is 24.2 Å². The minimum absolute atomic E-state index is 0.00698. The van der Waals surface area contributed by atoms with Crippen LogP contribution in [-0.2, 0) is 9.59 Å². The second kappa shape index (κ2) is 7.32. The molecule has 2 N–H and O–H groups in total. The number of halogens is 1. The first kappa shape index (κ1) is 16.3. The predicted octanol–water partition coefficient (Wildman–Crippen LogP) is 1.81. The third-order valence-corrected chi connectivity index (χ3v) is 4.90. The molecule has 124 valence electrons. The number of nitrogens with zero attached hydrogens (tertiary/aromatic N) is 1. The third kappa shape index (κ3) is 4.03. The van der Waals surface area contributed by atoms with Gasteiger partial charge in [0.1, 0.15) is 0 Å². The Bertz CT molecular complexity index is 570. The van der Waals surface area contributed by atoms with Crippen LogP contribution in [0.4, 0.5) is 5.69 Å². The van der Waals surface area contributed by atoms with E-state index >= 15 is 0 Å². The fraction of sp³-hybridized carbons (Fsp3) is 0.529. The summed E-state index contributed by atoms with van der Waals surface area (Å²) in [5.74, 6) is 0.374. The molecular formula is C17H22ClN3O2. The van der Waals surface area contributed by atoms with Crippen molar-refractivity contribution < 1.29 is 9.59 Å². The topological polar surface area (TPSA) is 61.4 Å². The Morgan fingerprint density at radius 3 is 2.83 bits per heavy atom. The molecule has 1 aromatic rings. The average molecular weight is 336 g/mol. The highest BCUT2D eigenvalue weighted by atomic mass is 35.5. The maximum Gasteiger partial charge on any atom is 0.227 e. The molecule has 2 heterocycles. The summed E-state index contributed by atoms with van der Waals surface area (Å²) in [5.41, 5.74) is 0.798. The minimum Gasteiger partial charge on any atom is -0.356 e. The van der Waals surface area contributed by atoms with Crippen molar-refractivity contribution in [1.29, 1.82) is 0 Å². The zero-order valence-corrected chi connectivity index (χ0v) is 13.8. The van der Waals surface area contributed by atoms with Crippen molar-refractivity contribution in [3.63, 3.8) is 0 Å². The van der Waals surface area contributed by atoms with Crippen molar-refractivity contribution in [2.45, 2.75) is 19.3 Å². The van der Waals surface area contributed by atoms with E-state index in [1.807, 2.05) is 12.1 Å². The van der Waals surface area contributed by atoms with Crippen molar-refractivity contribution in [1.82, 2.24) is 10.6 Å². The van der Waals surface area contributed by atoms with E-state index in [9.17, 15) is 9.59 Å². The first-order valence-corrected chi connectivity index (χ1v) is 8.55. The Labute approximate surface area is 141 Å². The lowest BCUT2D eigenvalue weighted by Crippen LogP contribution is -2.34. The lowest BCUT2D eigenvalue weighted by Gasteiger charge is -2.17. The molecule has 2 unspecified atom stereocenters. The van der Waals surface area contributed by atoms with Gasteiger partial charge in [0.05, 0.1) is 5.92 Å². The Morgan fingerprint density at radius 1 is 1.35 bits per heavy atom. The Morgan fingerprint density at radius 2 is 2.13 bits per heavy atom. The van der Waals surface area contributed by atoms with E-state index in [1.165, 1.54) is 6.42 Å². The van der Waals surface area contributed by atoms with E-state index in [2.05, 4.69) is 10.6 Å². The highest BCUT2D eigenvalue weighted by Crippen LogP contribution is 2.26. The van der Waals surface area contributed by atoms with Gasteiger partial charge in [0.15, 0.2) is 0 Å². The number of carbonyl (C=O) groups is 2. The standard InChI is InChI=1S/C17H22ClN3O2/c18-14-1-3-15(4-2-14)21-11-13(9-16(21)22)17(23)20-8-6-12-5-7-19-10-12/h1-4,12-13,19H,5-11H2,(H,20,23). The lowest BCUT2D eigenvalue weighted by atomic mass is 10.0. The summed E-state index contributed by atoms with van der Waals surface area (Å²) in [6, 6.07) is 7.14. The molecule has 2 aliphatic rings. The summed E-state index contributed by atoms with van der Waals surface area (Å²) in [6.07, 6.45) is 2.46. The summed E-state index contributed by atoms with van der Waals surface area (Å²) >= 11 is 5.87.